The number of aliphatic hydroxyl groups is 1. The number of hydrogen-bond donors (Lipinski definition) is 2. The average molecular weight is 401 g/mol. The number of benzene rings is 2. The molecule has 0 aliphatic carbocycles. The summed E-state index contributed by atoms with van der Waals surface area (Å²) in [7, 11) is 1.71. The second-order valence-corrected chi connectivity index (χ2v) is 5.97. The summed E-state index contributed by atoms with van der Waals surface area (Å²) >= 11 is 0. The molecule has 146 valence electrons. The summed E-state index contributed by atoms with van der Waals surface area (Å²) in [5.74, 6) is -0.312. The fourth-order valence-corrected chi connectivity index (χ4v) is 3.13. The number of ether oxygens (including phenoxy) is 1. The van der Waals surface area contributed by atoms with Crippen LogP contribution in [0.2, 0.25) is 0 Å². The molecule has 3 aromatic rings. The summed E-state index contributed by atoms with van der Waals surface area (Å²) in [5, 5.41) is 14.6. The number of aromatic nitrogens is 1. The van der Waals surface area contributed by atoms with Crippen LogP contribution < -0.4 is 10.1 Å². The molecule has 0 fully saturated rings. The summed E-state index contributed by atoms with van der Waals surface area (Å²) in [5.41, 5.74) is 1.41. The predicted octanol–water partition coefficient (Wildman–Crippen LogP) is 4.13. The molecule has 0 spiro atoms. The first-order valence-corrected chi connectivity index (χ1v) is 8.13. The van der Waals surface area contributed by atoms with E-state index in [1.54, 1.807) is 13.1 Å². The number of para-hydroxylation sites is 1. The highest BCUT2D eigenvalue weighted by atomic mass is 35.5. The minimum Gasteiger partial charge on any atom is -0.406 e. The Morgan fingerprint density at radius 2 is 1.85 bits per heavy atom. The van der Waals surface area contributed by atoms with Crippen molar-refractivity contribution in [1.29, 1.82) is 0 Å². The Morgan fingerprint density at radius 1 is 1.11 bits per heavy atom. The van der Waals surface area contributed by atoms with E-state index in [1.807, 2.05) is 41.1 Å². The minimum atomic E-state index is -4.77. The molecular weight excluding hydrogens is 381 g/mol. The number of rotatable bonds is 6. The number of likely N-dealkylation sites (N-methyl/N-ethyl adjacent to an activating group) is 1. The van der Waals surface area contributed by atoms with E-state index in [1.165, 1.54) is 18.2 Å². The van der Waals surface area contributed by atoms with Crippen LogP contribution in [0.15, 0.2) is 60.8 Å². The van der Waals surface area contributed by atoms with Crippen molar-refractivity contribution in [1.82, 2.24) is 9.88 Å². The fourth-order valence-electron chi connectivity index (χ4n) is 3.13. The molecule has 2 N–H and O–H groups in total. The van der Waals surface area contributed by atoms with Crippen molar-refractivity contribution in [2.45, 2.75) is 18.5 Å². The van der Waals surface area contributed by atoms with Gasteiger partial charge in [-0.25, -0.2) is 0 Å². The Labute approximate surface area is 161 Å². The van der Waals surface area contributed by atoms with Crippen LogP contribution in [-0.2, 0) is 0 Å². The molecular formula is C19H20ClF3N2O2. The first-order valence-electron chi connectivity index (χ1n) is 8.13. The standard InChI is InChI=1S/C19H19F3N2O2.ClH/c1-23-12-17(25)18(24-10-9-13-5-2-3-8-16(13)24)14-6-4-7-15(11-14)26-19(20,21)22;/h2-11,17-18,23,25H,12H2,1H3;1H/t17-,18+;/m1./s1. The number of nitrogens with zero attached hydrogens (tertiary/aromatic N) is 1. The van der Waals surface area contributed by atoms with Gasteiger partial charge < -0.3 is 19.7 Å². The predicted molar refractivity (Wildman–Crippen MR) is 100 cm³/mol. The highest BCUT2D eigenvalue weighted by Crippen LogP contribution is 2.31. The molecule has 0 amide bonds. The second kappa shape index (κ2) is 8.65. The molecule has 4 nitrogen and oxygen atoms in total. The van der Waals surface area contributed by atoms with Crippen LogP contribution in [0.1, 0.15) is 11.6 Å². The lowest BCUT2D eigenvalue weighted by molar-refractivity contribution is -0.274. The molecule has 1 heterocycles. The number of halogens is 4. The summed E-state index contributed by atoms with van der Waals surface area (Å²) in [6.07, 6.45) is -3.79. The number of nitrogens with one attached hydrogen (secondary N) is 1. The Bertz CT molecular complexity index is 883. The zero-order chi connectivity index (χ0) is 18.7. The molecule has 27 heavy (non-hydrogen) atoms. The average Bonchev–Trinajstić information content (AvgIpc) is 2.98. The van der Waals surface area contributed by atoms with Crippen molar-refractivity contribution in [3.8, 4) is 5.75 Å². The van der Waals surface area contributed by atoms with Gasteiger partial charge >= 0.3 is 6.36 Å². The fraction of sp³-hybridized carbons (Fsp3) is 0.263. The van der Waals surface area contributed by atoms with E-state index < -0.39 is 18.5 Å². The molecule has 1 aromatic heterocycles. The maximum atomic E-state index is 12.5. The van der Waals surface area contributed by atoms with E-state index >= 15 is 0 Å². The molecule has 2 aromatic carbocycles. The van der Waals surface area contributed by atoms with Crippen molar-refractivity contribution in [3.63, 3.8) is 0 Å². The Balaban J connectivity index is 0.00000261. The molecule has 0 bridgehead atoms. The van der Waals surface area contributed by atoms with E-state index in [9.17, 15) is 18.3 Å². The van der Waals surface area contributed by atoms with Crippen LogP contribution in [-0.4, -0.2) is 35.7 Å². The minimum absolute atomic E-state index is 0. The van der Waals surface area contributed by atoms with E-state index in [2.05, 4.69) is 10.1 Å². The Hall–Kier alpha value is -2.22. The molecule has 0 saturated heterocycles. The lowest BCUT2D eigenvalue weighted by atomic mass is 10.00. The number of fused-ring (bicyclic) bond motifs is 1. The van der Waals surface area contributed by atoms with Crippen molar-refractivity contribution in [2.24, 2.45) is 0 Å². The summed E-state index contributed by atoms with van der Waals surface area (Å²) < 4.78 is 43.5. The van der Waals surface area contributed by atoms with Gasteiger partial charge in [-0.1, -0.05) is 30.3 Å². The topological polar surface area (TPSA) is 46.4 Å². The van der Waals surface area contributed by atoms with E-state index in [0.29, 0.717) is 5.56 Å². The molecule has 3 rings (SSSR count). The lowest BCUT2D eigenvalue weighted by Gasteiger charge is -2.26. The maximum Gasteiger partial charge on any atom is 0.573 e. The second-order valence-electron chi connectivity index (χ2n) is 5.97. The smallest absolute Gasteiger partial charge is 0.406 e. The van der Waals surface area contributed by atoms with Gasteiger partial charge in [0.2, 0.25) is 0 Å². The zero-order valence-electron chi connectivity index (χ0n) is 14.5. The van der Waals surface area contributed by atoms with Gasteiger partial charge in [-0.3, -0.25) is 0 Å². The van der Waals surface area contributed by atoms with Crippen LogP contribution in [0.3, 0.4) is 0 Å². The number of aliphatic hydroxyl groups excluding tert-OH is 1. The van der Waals surface area contributed by atoms with Gasteiger partial charge in [-0.05, 0) is 42.3 Å². The molecule has 8 heteroatoms. The van der Waals surface area contributed by atoms with Gasteiger partial charge in [-0.15, -0.1) is 25.6 Å². The number of alkyl halides is 3. The largest absolute Gasteiger partial charge is 0.573 e. The van der Waals surface area contributed by atoms with Gasteiger partial charge in [0.05, 0.1) is 12.1 Å². The van der Waals surface area contributed by atoms with E-state index in [4.69, 9.17) is 0 Å². The van der Waals surface area contributed by atoms with Crippen molar-refractivity contribution < 1.29 is 23.0 Å². The van der Waals surface area contributed by atoms with Gasteiger partial charge in [-0.2, -0.15) is 0 Å². The maximum absolute atomic E-state index is 12.5. The SMILES string of the molecule is CNC[C@@H](O)[C@H](c1cccc(OC(F)(F)F)c1)n1ccc2ccccc21.Cl. The third-order valence-corrected chi connectivity index (χ3v) is 4.14. The van der Waals surface area contributed by atoms with Gasteiger partial charge in [0.1, 0.15) is 5.75 Å². The number of hydrogen-bond acceptors (Lipinski definition) is 3. The zero-order valence-corrected chi connectivity index (χ0v) is 15.3. The third kappa shape index (κ3) is 4.94. The summed E-state index contributed by atoms with van der Waals surface area (Å²) in [4.78, 5) is 0. The van der Waals surface area contributed by atoms with Gasteiger partial charge in [0.15, 0.2) is 0 Å². The van der Waals surface area contributed by atoms with Crippen LogP contribution in [0.25, 0.3) is 10.9 Å². The first kappa shape index (κ1) is 21.1. The molecule has 0 saturated carbocycles. The highest BCUT2D eigenvalue weighted by Gasteiger charge is 2.32. The quantitative estimate of drug-likeness (QED) is 0.654. The lowest BCUT2D eigenvalue weighted by Crippen LogP contribution is -2.33. The van der Waals surface area contributed by atoms with Gasteiger partial charge in [0.25, 0.3) is 0 Å². The van der Waals surface area contributed by atoms with Crippen molar-refractivity contribution >= 4 is 23.3 Å². The molecule has 0 aliphatic rings. The van der Waals surface area contributed by atoms with Crippen LogP contribution in [0.5, 0.6) is 5.75 Å². The third-order valence-electron chi connectivity index (χ3n) is 4.14. The normalized spacial score (nSPS) is 13.8. The van der Waals surface area contributed by atoms with Crippen LogP contribution in [0.4, 0.5) is 13.2 Å². The van der Waals surface area contributed by atoms with E-state index in [-0.39, 0.29) is 24.7 Å². The Morgan fingerprint density at radius 3 is 2.56 bits per heavy atom. The summed E-state index contributed by atoms with van der Waals surface area (Å²) in [6.45, 7) is 0.279. The highest BCUT2D eigenvalue weighted by molar-refractivity contribution is 5.85. The van der Waals surface area contributed by atoms with Crippen molar-refractivity contribution in [2.75, 3.05) is 13.6 Å². The van der Waals surface area contributed by atoms with Crippen LogP contribution in [0, 0.1) is 0 Å². The Kier molecular flexibility index (Phi) is 6.75. The van der Waals surface area contributed by atoms with Gasteiger partial charge in [0, 0.05) is 18.3 Å². The summed E-state index contributed by atoms with van der Waals surface area (Å²) in [6, 6.07) is 14.7. The first-order chi connectivity index (χ1) is 12.4. The molecule has 0 unspecified atom stereocenters. The molecule has 2 atom stereocenters. The van der Waals surface area contributed by atoms with Crippen molar-refractivity contribution in [3.05, 3.63) is 66.4 Å². The van der Waals surface area contributed by atoms with Crippen LogP contribution >= 0.6 is 12.4 Å². The monoisotopic (exact) mass is 400 g/mol. The molecule has 0 radical (unpaired) electrons. The van der Waals surface area contributed by atoms with E-state index in [0.717, 1.165) is 10.9 Å². The molecule has 0 aliphatic heterocycles.